The van der Waals surface area contributed by atoms with Crippen LogP contribution in [0.2, 0.25) is 0 Å². The van der Waals surface area contributed by atoms with E-state index in [9.17, 15) is 18.0 Å². The number of piperidine rings is 1. The number of carbonyl (C=O) groups is 2. The molecular formula is C11H20N4O4S. The van der Waals surface area contributed by atoms with E-state index in [1.165, 1.54) is 8.61 Å². The molecule has 2 N–H and O–H groups in total. The zero-order valence-electron chi connectivity index (χ0n) is 11.7. The Kier molecular flexibility index (Phi) is 4.03. The molecule has 1 unspecified atom stereocenters. The monoisotopic (exact) mass is 304 g/mol. The van der Waals surface area contributed by atoms with Crippen LogP contribution in [0.1, 0.15) is 26.7 Å². The predicted molar refractivity (Wildman–Crippen MR) is 72.1 cm³/mol. The molecule has 1 atom stereocenters. The van der Waals surface area contributed by atoms with E-state index in [-0.39, 0.29) is 6.54 Å². The highest BCUT2D eigenvalue weighted by Crippen LogP contribution is 2.27. The van der Waals surface area contributed by atoms with Gasteiger partial charge in [-0.3, -0.25) is 10.1 Å². The summed E-state index contributed by atoms with van der Waals surface area (Å²) in [5, 5.41) is 4.75. The second-order valence-corrected chi connectivity index (χ2v) is 6.95. The van der Waals surface area contributed by atoms with Crippen molar-refractivity contribution in [2.24, 2.45) is 0 Å². The van der Waals surface area contributed by atoms with Gasteiger partial charge in [-0.2, -0.15) is 17.0 Å². The molecule has 1 spiro atoms. The van der Waals surface area contributed by atoms with Crippen molar-refractivity contribution < 1.29 is 18.0 Å². The van der Waals surface area contributed by atoms with Crippen molar-refractivity contribution in [3.63, 3.8) is 0 Å². The average molecular weight is 304 g/mol. The van der Waals surface area contributed by atoms with Gasteiger partial charge in [0.15, 0.2) is 0 Å². The molecule has 0 aromatic carbocycles. The van der Waals surface area contributed by atoms with Gasteiger partial charge in [0.25, 0.3) is 16.1 Å². The number of hydrogen-bond donors (Lipinski definition) is 2. The molecule has 0 aliphatic carbocycles. The smallest absolute Gasteiger partial charge is 0.322 e. The Morgan fingerprint density at radius 3 is 2.45 bits per heavy atom. The third-order valence-electron chi connectivity index (χ3n) is 3.83. The summed E-state index contributed by atoms with van der Waals surface area (Å²) in [7, 11) is -3.59. The first-order valence-corrected chi connectivity index (χ1v) is 8.14. The summed E-state index contributed by atoms with van der Waals surface area (Å²) in [5.41, 5.74) is -1.12. The van der Waals surface area contributed by atoms with E-state index in [4.69, 9.17) is 0 Å². The highest BCUT2D eigenvalue weighted by Gasteiger charge is 2.51. The van der Waals surface area contributed by atoms with Crippen LogP contribution in [0.5, 0.6) is 0 Å². The second kappa shape index (κ2) is 5.30. The summed E-state index contributed by atoms with van der Waals surface area (Å²) in [6.45, 7) is 4.64. The Hall–Kier alpha value is -1.19. The Morgan fingerprint density at radius 2 is 1.95 bits per heavy atom. The summed E-state index contributed by atoms with van der Waals surface area (Å²) in [4.78, 5) is 23.2. The first kappa shape index (κ1) is 15.2. The zero-order valence-corrected chi connectivity index (χ0v) is 12.5. The van der Waals surface area contributed by atoms with Crippen LogP contribution in [-0.2, 0) is 15.0 Å². The number of nitrogens with zero attached hydrogens (tertiary/aromatic N) is 2. The molecule has 0 aromatic heterocycles. The third-order valence-corrected chi connectivity index (χ3v) is 5.96. The molecular weight excluding hydrogens is 284 g/mol. The first-order valence-electron chi connectivity index (χ1n) is 6.74. The molecule has 2 aliphatic rings. The van der Waals surface area contributed by atoms with E-state index in [0.29, 0.717) is 32.5 Å². The highest BCUT2D eigenvalue weighted by molar-refractivity contribution is 7.86. The van der Waals surface area contributed by atoms with Crippen LogP contribution in [0.3, 0.4) is 0 Å². The van der Waals surface area contributed by atoms with Crippen LogP contribution in [0.25, 0.3) is 0 Å². The molecule has 2 rings (SSSR count). The van der Waals surface area contributed by atoms with Crippen molar-refractivity contribution in [1.82, 2.24) is 19.2 Å². The van der Waals surface area contributed by atoms with Gasteiger partial charge < -0.3 is 5.32 Å². The van der Waals surface area contributed by atoms with E-state index in [2.05, 4.69) is 10.6 Å². The Balaban J connectivity index is 2.23. The second-order valence-electron chi connectivity index (χ2n) is 5.02. The lowest BCUT2D eigenvalue weighted by Gasteiger charge is -2.39. The molecule has 0 bridgehead atoms. The Morgan fingerprint density at radius 1 is 1.30 bits per heavy atom. The lowest BCUT2D eigenvalue weighted by Crippen LogP contribution is -2.61. The SMILES string of the molecule is CCN(CC)S(=O)(=O)N1CCCC2(C1)NC(=O)NC2=O. The summed E-state index contributed by atoms with van der Waals surface area (Å²) in [6, 6.07) is -0.558. The van der Waals surface area contributed by atoms with Gasteiger partial charge in [-0.25, -0.2) is 4.79 Å². The lowest BCUT2D eigenvalue weighted by molar-refractivity contribution is -0.125. The zero-order chi connectivity index (χ0) is 15.0. The van der Waals surface area contributed by atoms with Gasteiger partial charge in [-0.05, 0) is 12.8 Å². The summed E-state index contributed by atoms with van der Waals surface area (Å²) in [5.74, 6) is -0.443. The Labute approximate surface area is 118 Å². The van der Waals surface area contributed by atoms with Crippen LogP contribution in [-0.4, -0.2) is 60.7 Å². The van der Waals surface area contributed by atoms with Crippen LogP contribution in [0, 0.1) is 0 Å². The van der Waals surface area contributed by atoms with E-state index in [1.54, 1.807) is 13.8 Å². The largest absolute Gasteiger partial charge is 0.322 e. The maximum absolute atomic E-state index is 12.5. The van der Waals surface area contributed by atoms with E-state index < -0.39 is 27.7 Å². The van der Waals surface area contributed by atoms with E-state index in [0.717, 1.165) is 0 Å². The highest BCUT2D eigenvalue weighted by atomic mass is 32.2. The van der Waals surface area contributed by atoms with Gasteiger partial charge in [0.2, 0.25) is 0 Å². The molecule has 2 fully saturated rings. The van der Waals surface area contributed by atoms with Gasteiger partial charge >= 0.3 is 6.03 Å². The Bertz CT molecular complexity index is 517. The molecule has 114 valence electrons. The fourth-order valence-electron chi connectivity index (χ4n) is 2.74. The van der Waals surface area contributed by atoms with Crippen LogP contribution < -0.4 is 10.6 Å². The molecule has 0 radical (unpaired) electrons. The van der Waals surface area contributed by atoms with E-state index >= 15 is 0 Å². The number of carbonyl (C=O) groups excluding carboxylic acids is 2. The molecule has 2 heterocycles. The molecule has 2 saturated heterocycles. The maximum Gasteiger partial charge on any atom is 0.322 e. The predicted octanol–water partition coefficient (Wildman–Crippen LogP) is -0.753. The van der Waals surface area contributed by atoms with Gasteiger partial charge in [0, 0.05) is 26.2 Å². The van der Waals surface area contributed by atoms with Crippen molar-refractivity contribution in [3.05, 3.63) is 0 Å². The fraction of sp³-hybridized carbons (Fsp3) is 0.818. The van der Waals surface area contributed by atoms with Gasteiger partial charge in [0.05, 0.1) is 0 Å². The van der Waals surface area contributed by atoms with Crippen molar-refractivity contribution in [2.75, 3.05) is 26.2 Å². The quantitative estimate of drug-likeness (QED) is 0.667. The number of imide groups is 1. The minimum Gasteiger partial charge on any atom is -0.322 e. The fourth-order valence-corrected chi connectivity index (χ4v) is 4.46. The number of urea groups is 1. The van der Waals surface area contributed by atoms with Gasteiger partial charge in [0.1, 0.15) is 5.54 Å². The van der Waals surface area contributed by atoms with Crippen LogP contribution in [0.15, 0.2) is 0 Å². The molecule has 9 heteroatoms. The molecule has 8 nitrogen and oxygen atoms in total. The minimum atomic E-state index is -3.59. The molecule has 2 aliphatic heterocycles. The van der Waals surface area contributed by atoms with Crippen molar-refractivity contribution in [3.8, 4) is 0 Å². The summed E-state index contributed by atoms with van der Waals surface area (Å²) >= 11 is 0. The third kappa shape index (κ3) is 2.40. The number of amides is 3. The lowest BCUT2D eigenvalue weighted by atomic mass is 9.90. The molecule has 0 saturated carbocycles. The number of hydrogen-bond acceptors (Lipinski definition) is 4. The van der Waals surface area contributed by atoms with Crippen LogP contribution >= 0.6 is 0 Å². The molecule has 3 amide bonds. The van der Waals surface area contributed by atoms with E-state index in [1.807, 2.05) is 0 Å². The molecule has 20 heavy (non-hydrogen) atoms. The number of nitrogens with one attached hydrogen (secondary N) is 2. The number of rotatable bonds is 4. The van der Waals surface area contributed by atoms with Gasteiger partial charge in [-0.1, -0.05) is 13.8 Å². The first-order chi connectivity index (χ1) is 9.35. The topological polar surface area (TPSA) is 98.8 Å². The normalized spacial score (nSPS) is 27.9. The van der Waals surface area contributed by atoms with Gasteiger partial charge in [-0.15, -0.1) is 0 Å². The van der Waals surface area contributed by atoms with Crippen molar-refractivity contribution in [1.29, 1.82) is 0 Å². The summed E-state index contributed by atoms with van der Waals surface area (Å²) < 4.78 is 27.6. The van der Waals surface area contributed by atoms with Crippen LogP contribution in [0.4, 0.5) is 4.79 Å². The minimum absolute atomic E-state index is 0.0105. The molecule has 0 aromatic rings. The summed E-state index contributed by atoms with van der Waals surface area (Å²) in [6.07, 6.45) is 0.989. The average Bonchev–Trinajstić information content (AvgIpc) is 2.65. The standard InChI is InChI=1S/C11H20N4O4S/c1-3-14(4-2)20(18,19)15-7-5-6-11(8-15)9(16)12-10(17)13-11/h3-8H2,1-2H3,(H2,12,13,16,17). The maximum atomic E-state index is 12.5. The van der Waals surface area contributed by atoms with Crippen molar-refractivity contribution >= 4 is 22.1 Å². The van der Waals surface area contributed by atoms with Crippen molar-refractivity contribution in [2.45, 2.75) is 32.2 Å².